The van der Waals surface area contributed by atoms with Crippen molar-refractivity contribution in [1.82, 2.24) is 0 Å². The van der Waals surface area contributed by atoms with Crippen LogP contribution in [0.4, 0.5) is 0 Å². The topological polar surface area (TPSA) is 61.8 Å². The molecule has 0 fully saturated rings. The molecule has 0 saturated carbocycles. The van der Waals surface area contributed by atoms with Gasteiger partial charge in [0, 0.05) is 6.42 Å². The van der Waals surface area contributed by atoms with Gasteiger partial charge in [0.15, 0.2) is 5.78 Å². The summed E-state index contributed by atoms with van der Waals surface area (Å²) in [6, 6.07) is 0. The van der Waals surface area contributed by atoms with Crippen LogP contribution in [0.25, 0.3) is 0 Å². The highest BCUT2D eigenvalue weighted by molar-refractivity contribution is 5.83. The maximum Gasteiger partial charge on any atom is 0.306 e. The van der Waals surface area contributed by atoms with E-state index in [4.69, 9.17) is 14.2 Å². The number of hydrogen-bond donors (Lipinski definition) is 0. The van der Waals surface area contributed by atoms with Gasteiger partial charge < -0.3 is 14.2 Å². The smallest absolute Gasteiger partial charge is 0.306 e. The lowest BCUT2D eigenvalue weighted by Crippen LogP contribution is -2.22. The predicted molar refractivity (Wildman–Crippen MR) is 67.4 cm³/mol. The summed E-state index contributed by atoms with van der Waals surface area (Å²) in [7, 11) is 0. The molecule has 18 heavy (non-hydrogen) atoms. The molecule has 0 spiro atoms. The van der Waals surface area contributed by atoms with E-state index in [0.717, 1.165) is 0 Å². The summed E-state index contributed by atoms with van der Waals surface area (Å²) >= 11 is 0. The number of carbonyl (C=O) groups is 2. The monoisotopic (exact) mass is 260 g/mol. The van der Waals surface area contributed by atoms with Crippen LogP contribution in [0.3, 0.4) is 0 Å². The second kappa shape index (κ2) is 9.05. The molecule has 5 nitrogen and oxygen atoms in total. The third-order valence-electron chi connectivity index (χ3n) is 1.94. The molecule has 0 unspecified atom stereocenters. The zero-order valence-corrected chi connectivity index (χ0v) is 11.8. The molecule has 0 N–H and O–H groups in total. The van der Waals surface area contributed by atoms with Crippen molar-refractivity contribution in [2.24, 2.45) is 0 Å². The molecule has 0 aliphatic carbocycles. The van der Waals surface area contributed by atoms with Gasteiger partial charge in [0.2, 0.25) is 0 Å². The van der Waals surface area contributed by atoms with E-state index in [9.17, 15) is 9.59 Å². The first-order valence-electron chi connectivity index (χ1n) is 6.24. The first-order valence-corrected chi connectivity index (χ1v) is 6.24. The molecule has 0 aromatic heterocycles. The number of ether oxygens (including phenoxy) is 3. The highest BCUT2D eigenvalue weighted by Gasteiger charge is 2.10. The van der Waals surface area contributed by atoms with E-state index in [1.54, 1.807) is 6.92 Å². The Balaban J connectivity index is 3.46. The van der Waals surface area contributed by atoms with Gasteiger partial charge in [0.25, 0.3) is 0 Å². The van der Waals surface area contributed by atoms with E-state index in [1.807, 2.05) is 20.8 Å². The molecule has 0 aromatic rings. The fourth-order valence-corrected chi connectivity index (χ4v) is 1.14. The van der Waals surface area contributed by atoms with Crippen LogP contribution in [0.1, 0.15) is 40.5 Å². The second-order valence-electron chi connectivity index (χ2n) is 4.86. The third-order valence-corrected chi connectivity index (χ3v) is 1.94. The quantitative estimate of drug-likeness (QED) is 0.466. The number of rotatable bonds is 9. The van der Waals surface area contributed by atoms with Gasteiger partial charge in [-0.15, -0.1) is 0 Å². The minimum Gasteiger partial charge on any atom is -0.466 e. The second-order valence-corrected chi connectivity index (χ2v) is 4.86. The van der Waals surface area contributed by atoms with Gasteiger partial charge in [0.1, 0.15) is 6.61 Å². The summed E-state index contributed by atoms with van der Waals surface area (Å²) in [4.78, 5) is 22.3. The van der Waals surface area contributed by atoms with Crippen LogP contribution in [-0.4, -0.2) is 43.8 Å². The van der Waals surface area contributed by atoms with Gasteiger partial charge in [-0.25, -0.2) is 0 Å². The number of hydrogen-bond acceptors (Lipinski definition) is 5. The van der Waals surface area contributed by atoms with Crippen LogP contribution < -0.4 is 0 Å². The Morgan fingerprint density at radius 3 is 2.28 bits per heavy atom. The molecule has 106 valence electrons. The van der Waals surface area contributed by atoms with Crippen molar-refractivity contribution in [3.05, 3.63) is 0 Å². The molecule has 0 aliphatic rings. The molecule has 5 heteroatoms. The van der Waals surface area contributed by atoms with Crippen molar-refractivity contribution in [1.29, 1.82) is 0 Å². The minimum atomic E-state index is -0.345. The van der Waals surface area contributed by atoms with Crippen molar-refractivity contribution in [2.45, 2.75) is 46.1 Å². The Morgan fingerprint density at radius 1 is 1.06 bits per heavy atom. The van der Waals surface area contributed by atoms with Gasteiger partial charge in [-0.1, -0.05) is 0 Å². The first kappa shape index (κ1) is 17.1. The molecule has 0 saturated heterocycles. The molecule has 0 rings (SSSR count). The number of ketones is 1. The van der Waals surface area contributed by atoms with E-state index < -0.39 is 0 Å². The van der Waals surface area contributed by atoms with Crippen molar-refractivity contribution in [3.8, 4) is 0 Å². The SMILES string of the molecule is CCOC(=O)CCC(=O)COCCOC(C)(C)C. The van der Waals surface area contributed by atoms with Gasteiger partial charge in [-0.2, -0.15) is 0 Å². The van der Waals surface area contributed by atoms with Crippen LogP contribution in [0.2, 0.25) is 0 Å². The van der Waals surface area contributed by atoms with Crippen LogP contribution in [-0.2, 0) is 23.8 Å². The number of Topliss-reactive ketones (excluding diaryl/α,β-unsaturated/α-hetero) is 1. The highest BCUT2D eigenvalue weighted by atomic mass is 16.5. The lowest BCUT2D eigenvalue weighted by molar-refractivity contribution is -0.144. The molecule has 0 aromatic carbocycles. The van der Waals surface area contributed by atoms with E-state index in [2.05, 4.69) is 0 Å². The molecular formula is C13H24O5. The van der Waals surface area contributed by atoms with E-state index in [0.29, 0.717) is 19.8 Å². The van der Waals surface area contributed by atoms with Crippen LogP contribution >= 0.6 is 0 Å². The largest absolute Gasteiger partial charge is 0.466 e. The molecule has 0 radical (unpaired) electrons. The van der Waals surface area contributed by atoms with E-state index in [1.165, 1.54) is 0 Å². The summed E-state index contributed by atoms with van der Waals surface area (Å²) in [5.41, 5.74) is -0.197. The Bertz CT molecular complexity index is 255. The van der Waals surface area contributed by atoms with E-state index >= 15 is 0 Å². The lowest BCUT2D eigenvalue weighted by Gasteiger charge is -2.19. The van der Waals surface area contributed by atoms with Crippen molar-refractivity contribution >= 4 is 11.8 Å². The minimum absolute atomic E-state index is 0.0207. The summed E-state index contributed by atoms with van der Waals surface area (Å²) in [6.07, 6.45) is 0.285. The molecule has 0 atom stereocenters. The Hall–Kier alpha value is -0.940. The molecule has 0 amide bonds. The molecule has 0 aliphatic heterocycles. The maximum atomic E-state index is 11.3. The van der Waals surface area contributed by atoms with Crippen LogP contribution in [0.5, 0.6) is 0 Å². The predicted octanol–water partition coefficient (Wildman–Crippen LogP) is 1.73. The van der Waals surface area contributed by atoms with Gasteiger partial charge in [0.05, 0.1) is 31.8 Å². The van der Waals surface area contributed by atoms with Gasteiger partial charge >= 0.3 is 5.97 Å². The summed E-state index contributed by atoms with van der Waals surface area (Å²) in [5, 5.41) is 0. The van der Waals surface area contributed by atoms with Crippen LogP contribution in [0.15, 0.2) is 0 Å². The number of esters is 1. The normalized spacial score (nSPS) is 11.3. The zero-order chi connectivity index (χ0) is 14.0. The van der Waals surface area contributed by atoms with Crippen molar-refractivity contribution in [3.63, 3.8) is 0 Å². The third kappa shape index (κ3) is 11.5. The van der Waals surface area contributed by atoms with Crippen molar-refractivity contribution in [2.75, 3.05) is 26.4 Å². The van der Waals surface area contributed by atoms with Crippen molar-refractivity contribution < 1.29 is 23.8 Å². The van der Waals surface area contributed by atoms with Gasteiger partial charge in [-0.05, 0) is 27.7 Å². The Kier molecular flexibility index (Phi) is 8.58. The molecule has 0 heterocycles. The summed E-state index contributed by atoms with van der Waals surface area (Å²) < 4.78 is 15.3. The highest BCUT2D eigenvalue weighted by Crippen LogP contribution is 2.05. The lowest BCUT2D eigenvalue weighted by atomic mass is 10.2. The van der Waals surface area contributed by atoms with Crippen LogP contribution in [0, 0.1) is 0 Å². The van der Waals surface area contributed by atoms with E-state index in [-0.39, 0.29) is 36.8 Å². The van der Waals surface area contributed by atoms with Gasteiger partial charge in [-0.3, -0.25) is 9.59 Å². The summed E-state index contributed by atoms with van der Waals surface area (Å²) in [5.74, 6) is -0.444. The summed E-state index contributed by atoms with van der Waals surface area (Å²) in [6.45, 7) is 8.79. The molecular weight excluding hydrogens is 236 g/mol. The standard InChI is InChI=1S/C13H24O5/c1-5-17-12(15)7-6-11(14)10-16-8-9-18-13(2,3)4/h5-10H2,1-4H3. The average Bonchev–Trinajstić information content (AvgIpc) is 2.25. The maximum absolute atomic E-state index is 11.3. The fraction of sp³-hybridized carbons (Fsp3) is 0.846. The average molecular weight is 260 g/mol. The first-order chi connectivity index (χ1) is 8.35. The number of carbonyl (C=O) groups excluding carboxylic acids is 2. The fourth-order valence-electron chi connectivity index (χ4n) is 1.14. The zero-order valence-electron chi connectivity index (χ0n) is 11.8. The Labute approximate surface area is 109 Å². The Morgan fingerprint density at radius 2 is 1.72 bits per heavy atom. The molecule has 0 bridgehead atoms.